The molecule has 1 heterocycles. The first-order valence-electron chi connectivity index (χ1n) is 7.78. The van der Waals surface area contributed by atoms with Crippen molar-refractivity contribution in [1.29, 1.82) is 0 Å². The van der Waals surface area contributed by atoms with Crippen LogP contribution in [0.25, 0.3) is 0 Å². The van der Waals surface area contributed by atoms with Crippen molar-refractivity contribution in [3.8, 4) is 11.5 Å². The van der Waals surface area contributed by atoms with Crippen molar-refractivity contribution in [2.24, 2.45) is 5.92 Å². The predicted molar refractivity (Wildman–Crippen MR) is 87.5 cm³/mol. The molecule has 0 saturated carbocycles. The van der Waals surface area contributed by atoms with Gasteiger partial charge < -0.3 is 9.64 Å². The zero-order chi connectivity index (χ0) is 15.4. The van der Waals surface area contributed by atoms with Gasteiger partial charge in [0.2, 0.25) is 0 Å². The van der Waals surface area contributed by atoms with Crippen molar-refractivity contribution in [2.45, 2.75) is 12.8 Å². The highest BCUT2D eigenvalue weighted by Crippen LogP contribution is 2.24. The Hall–Kier alpha value is -2.13. The molecule has 2 aromatic rings. The van der Waals surface area contributed by atoms with Gasteiger partial charge in [0.05, 0.1) is 0 Å². The number of piperidine rings is 1. The SMILES string of the molecule is CN1CCC[C@H](C(=O)c2ccc(Oc3ccccc3)cc2)C1. The zero-order valence-electron chi connectivity index (χ0n) is 12.9. The maximum absolute atomic E-state index is 12.5. The molecule has 3 heteroatoms. The molecule has 2 aromatic carbocycles. The third kappa shape index (κ3) is 3.55. The number of hydrogen-bond acceptors (Lipinski definition) is 3. The van der Waals surface area contributed by atoms with Gasteiger partial charge in [0.15, 0.2) is 5.78 Å². The zero-order valence-corrected chi connectivity index (χ0v) is 12.9. The highest BCUT2D eigenvalue weighted by atomic mass is 16.5. The molecule has 3 rings (SSSR count). The Morgan fingerprint density at radius 1 is 1.05 bits per heavy atom. The van der Waals surface area contributed by atoms with Gasteiger partial charge in [-0.1, -0.05) is 18.2 Å². The van der Waals surface area contributed by atoms with Crippen LogP contribution in [0.15, 0.2) is 54.6 Å². The molecule has 22 heavy (non-hydrogen) atoms. The molecule has 1 fully saturated rings. The van der Waals surface area contributed by atoms with E-state index in [2.05, 4.69) is 11.9 Å². The second-order valence-corrected chi connectivity index (χ2v) is 5.91. The summed E-state index contributed by atoms with van der Waals surface area (Å²) in [4.78, 5) is 14.8. The summed E-state index contributed by atoms with van der Waals surface area (Å²) in [5, 5.41) is 0. The Labute approximate surface area is 131 Å². The summed E-state index contributed by atoms with van der Waals surface area (Å²) in [6.07, 6.45) is 2.09. The minimum atomic E-state index is 0.125. The van der Waals surface area contributed by atoms with Gasteiger partial charge in [0.1, 0.15) is 11.5 Å². The molecular formula is C19H21NO2. The molecule has 3 nitrogen and oxygen atoms in total. The molecule has 0 amide bonds. The van der Waals surface area contributed by atoms with Crippen molar-refractivity contribution in [1.82, 2.24) is 4.90 Å². The van der Waals surface area contributed by atoms with Gasteiger partial charge in [0, 0.05) is 18.0 Å². The fraction of sp³-hybridized carbons (Fsp3) is 0.316. The number of carbonyl (C=O) groups is 1. The number of nitrogens with zero attached hydrogens (tertiary/aromatic N) is 1. The van der Waals surface area contributed by atoms with Crippen LogP contribution in [0.3, 0.4) is 0 Å². The summed E-state index contributed by atoms with van der Waals surface area (Å²) in [5.74, 6) is 1.93. The van der Waals surface area contributed by atoms with Crippen LogP contribution in [0.2, 0.25) is 0 Å². The van der Waals surface area contributed by atoms with Crippen LogP contribution in [0.1, 0.15) is 23.2 Å². The van der Waals surface area contributed by atoms with Gasteiger partial charge >= 0.3 is 0 Å². The van der Waals surface area contributed by atoms with Crippen LogP contribution in [-0.4, -0.2) is 30.8 Å². The van der Waals surface area contributed by atoms with Gasteiger partial charge in [-0.25, -0.2) is 0 Å². The van der Waals surface area contributed by atoms with Crippen LogP contribution < -0.4 is 4.74 Å². The molecular weight excluding hydrogens is 274 g/mol. The molecule has 0 aromatic heterocycles. The van der Waals surface area contributed by atoms with E-state index in [9.17, 15) is 4.79 Å². The quantitative estimate of drug-likeness (QED) is 0.798. The van der Waals surface area contributed by atoms with Gasteiger partial charge in [0.25, 0.3) is 0 Å². The predicted octanol–water partition coefficient (Wildman–Crippen LogP) is 4.00. The number of rotatable bonds is 4. The van der Waals surface area contributed by atoms with E-state index in [1.807, 2.05) is 54.6 Å². The molecule has 1 saturated heterocycles. The first-order valence-corrected chi connectivity index (χ1v) is 7.78. The van der Waals surface area contributed by atoms with Crippen LogP contribution in [0.4, 0.5) is 0 Å². The third-order valence-corrected chi connectivity index (χ3v) is 4.11. The molecule has 1 atom stereocenters. The van der Waals surface area contributed by atoms with E-state index < -0.39 is 0 Å². The molecule has 0 bridgehead atoms. The summed E-state index contributed by atoms with van der Waals surface area (Å²) in [7, 11) is 2.08. The van der Waals surface area contributed by atoms with E-state index >= 15 is 0 Å². The fourth-order valence-electron chi connectivity index (χ4n) is 2.93. The number of para-hydroxylation sites is 1. The summed E-state index contributed by atoms with van der Waals surface area (Å²) >= 11 is 0. The largest absolute Gasteiger partial charge is 0.457 e. The van der Waals surface area contributed by atoms with E-state index in [1.165, 1.54) is 0 Å². The second-order valence-electron chi connectivity index (χ2n) is 5.91. The number of ether oxygens (including phenoxy) is 1. The van der Waals surface area contributed by atoms with E-state index in [-0.39, 0.29) is 11.7 Å². The van der Waals surface area contributed by atoms with E-state index in [0.717, 1.165) is 43.0 Å². The Morgan fingerprint density at radius 2 is 1.73 bits per heavy atom. The number of benzene rings is 2. The molecule has 1 aliphatic heterocycles. The molecule has 0 aliphatic carbocycles. The molecule has 0 N–H and O–H groups in total. The lowest BCUT2D eigenvalue weighted by Crippen LogP contribution is -2.36. The Morgan fingerprint density at radius 3 is 2.41 bits per heavy atom. The number of carbonyl (C=O) groups excluding carboxylic acids is 1. The monoisotopic (exact) mass is 295 g/mol. The molecule has 0 spiro atoms. The number of likely N-dealkylation sites (tertiary alicyclic amines) is 1. The first-order chi connectivity index (χ1) is 10.7. The molecule has 0 radical (unpaired) electrons. The molecule has 114 valence electrons. The standard InChI is InChI=1S/C19H21NO2/c1-20-13-5-6-16(14-20)19(21)15-9-11-18(12-10-15)22-17-7-3-2-4-8-17/h2-4,7-12,16H,5-6,13-14H2,1H3/t16-/m0/s1. The summed E-state index contributed by atoms with van der Waals surface area (Å²) in [6.45, 7) is 1.95. The third-order valence-electron chi connectivity index (χ3n) is 4.11. The lowest BCUT2D eigenvalue weighted by Gasteiger charge is -2.28. The number of hydrogen-bond donors (Lipinski definition) is 0. The fourth-order valence-corrected chi connectivity index (χ4v) is 2.93. The van der Waals surface area contributed by atoms with Gasteiger partial charge in [-0.05, 0) is 62.8 Å². The maximum Gasteiger partial charge on any atom is 0.167 e. The summed E-state index contributed by atoms with van der Waals surface area (Å²) in [6, 6.07) is 17.1. The van der Waals surface area contributed by atoms with Crippen molar-refractivity contribution in [3.63, 3.8) is 0 Å². The average molecular weight is 295 g/mol. The normalized spacial score (nSPS) is 18.9. The van der Waals surface area contributed by atoms with Crippen molar-refractivity contribution in [2.75, 3.05) is 20.1 Å². The lowest BCUT2D eigenvalue weighted by molar-refractivity contribution is 0.0843. The highest BCUT2D eigenvalue weighted by molar-refractivity contribution is 5.98. The Bertz CT molecular complexity index is 622. The van der Waals surface area contributed by atoms with E-state index in [4.69, 9.17) is 4.74 Å². The average Bonchev–Trinajstić information content (AvgIpc) is 2.56. The van der Waals surface area contributed by atoms with E-state index in [1.54, 1.807) is 0 Å². The smallest absolute Gasteiger partial charge is 0.167 e. The van der Waals surface area contributed by atoms with Crippen molar-refractivity contribution >= 4 is 5.78 Å². The van der Waals surface area contributed by atoms with Gasteiger partial charge in [-0.3, -0.25) is 4.79 Å². The van der Waals surface area contributed by atoms with Gasteiger partial charge in [-0.2, -0.15) is 0 Å². The van der Waals surface area contributed by atoms with E-state index in [0.29, 0.717) is 0 Å². The van der Waals surface area contributed by atoms with Crippen LogP contribution >= 0.6 is 0 Å². The minimum absolute atomic E-state index is 0.125. The summed E-state index contributed by atoms with van der Waals surface area (Å²) in [5.41, 5.74) is 0.778. The first kappa shape index (κ1) is 14.8. The van der Waals surface area contributed by atoms with Crippen LogP contribution in [0, 0.1) is 5.92 Å². The topological polar surface area (TPSA) is 29.5 Å². The second kappa shape index (κ2) is 6.75. The maximum atomic E-state index is 12.5. The van der Waals surface area contributed by atoms with Crippen molar-refractivity contribution in [3.05, 3.63) is 60.2 Å². The van der Waals surface area contributed by atoms with Crippen LogP contribution in [-0.2, 0) is 0 Å². The van der Waals surface area contributed by atoms with Crippen molar-refractivity contribution < 1.29 is 9.53 Å². The summed E-state index contributed by atoms with van der Waals surface area (Å²) < 4.78 is 5.76. The Kier molecular flexibility index (Phi) is 4.54. The minimum Gasteiger partial charge on any atom is -0.457 e. The number of Topliss-reactive ketones (excluding diaryl/α,β-unsaturated/α-hetero) is 1. The molecule has 0 unspecified atom stereocenters. The van der Waals surface area contributed by atoms with Crippen LogP contribution in [0.5, 0.6) is 11.5 Å². The number of ketones is 1. The highest BCUT2D eigenvalue weighted by Gasteiger charge is 2.24. The Balaban J connectivity index is 1.67. The molecule has 1 aliphatic rings. The lowest BCUT2D eigenvalue weighted by atomic mass is 9.90. The van der Waals surface area contributed by atoms with Gasteiger partial charge in [-0.15, -0.1) is 0 Å².